The number of nitrogens with zero attached hydrogens (tertiary/aromatic N) is 8. The van der Waals surface area contributed by atoms with Crippen molar-refractivity contribution in [2.24, 2.45) is 34.5 Å². The van der Waals surface area contributed by atoms with Crippen molar-refractivity contribution in [3.05, 3.63) is 102 Å². The molecule has 200 valence electrons. The van der Waals surface area contributed by atoms with Crippen LogP contribution in [0, 0.1) is 0 Å². The molecular weight excluding hydrogens is 572 g/mol. The molecule has 0 aliphatic heterocycles. The topological polar surface area (TPSA) is 66.4 Å². The van der Waals surface area contributed by atoms with Gasteiger partial charge in [0.25, 0.3) is 0 Å². The summed E-state index contributed by atoms with van der Waals surface area (Å²) in [6, 6.07) is 24.3. The zero-order valence-corrected chi connectivity index (χ0v) is 24.6. The van der Waals surface area contributed by atoms with Crippen LogP contribution >= 0.6 is 11.3 Å². The number of azo groups is 1. The molecule has 0 atom stereocenters. The van der Waals surface area contributed by atoms with Crippen molar-refractivity contribution in [1.29, 1.82) is 0 Å². The van der Waals surface area contributed by atoms with Crippen LogP contribution in [0.3, 0.4) is 0 Å². The summed E-state index contributed by atoms with van der Waals surface area (Å²) < 4.78 is 7.50. The van der Waals surface area contributed by atoms with Crippen LogP contribution in [0.25, 0.3) is 10.2 Å². The number of imidazole rings is 1. The molecule has 0 saturated carbocycles. The van der Waals surface area contributed by atoms with Gasteiger partial charge in [0.15, 0.2) is 0 Å². The first-order valence-corrected chi connectivity index (χ1v) is 13.4. The van der Waals surface area contributed by atoms with E-state index in [0.29, 0.717) is 0 Å². The standard InChI is InChI=1S/C29H31N8S.BrH/c1-4-37(20-19-36-18-17-34(2)22-36)26-15-13-25(14-16-26)32-31-24-11-9-23(10-12-24)21-30-33-29-35(3)27-7-5-6-8-28(27)38-29;/h5-18,21-22H,4,19-20H2,1-3H3;1H/q+1;/p-1/b30-21+,32-31+,33-29-;. The van der Waals surface area contributed by atoms with Gasteiger partial charge in [0.05, 0.1) is 41.4 Å². The van der Waals surface area contributed by atoms with Gasteiger partial charge in [0.2, 0.25) is 11.1 Å². The van der Waals surface area contributed by atoms with E-state index in [9.17, 15) is 0 Å². The van der Waals surface area contributed by atoms with E-state index in [1.807, 2.05) is 62.6 Å². The molecule has 0 bridgehead atoms. The quantitative estimate of drug-likeness (QED) is 0.111. The molecule has 0 amide bonds. The molecule has 3 aromatic carbocycles. The third kappa shape index (κ3) is 7.15. The van der Waals surface area contributed by atoms with Crippen LogP contribution in [-0.2, 0) is 20.6 Å². The van der Waals surface area contributed by atoms with Crippen LogP contribution in [0.2, 0.25) is 0 Å². The van der Waals surface area contributed by atoms with Gasteiger partial charge >= 0.3 is 0 Å². The largest absolute Gasteiger partial charge is 1.00 e. The van der Waals surface area contributed by atoms with Crippen molar-refractivity contribution >= 4 is 44.8 Å². The van der Waals surface area contributed by atoms with Crippen LogP contribution in [-0.4, -0.2) is 28.4 Å². The predicted molar refractivity (Wildman–Crippen MR) is 155 cm³/mol. The molecule has 0 aliphatic carbocycles. The molecule has 0 N–H and O–H groups in total. The summed E-state index contributed by atoms with van der Waals surface area (Å²) in [5, 5.41) is 17.5. The monoisotopic (exact) mass is 602 g/mol. The lowest BCUT2D eigenvalue weighted by atomic mass is 10.2. The summed E-state index contributed by atoms with van der Waals surface area (Å²) in [5.41, 5.74) is 4.90. The summed E-state index contributed by atoms with van der Waals surface area (Å²) in [5.74, 6) is 0. The average molecular weight is 604 g/mol. The fourth-order valence-corrected chi connectivity index (χ4v) is 5.11. The van der Waals surface area contributed by atoms with E-state index in [1.165, 1.54) is 10.4 Å². The van der Waals surface area contributed by atoms with E-state index in [2.05, 4.69) is 88.9 Å². The normalized spacial score (nSPS) is 12.0. The van der Waals surface area contributed by atoms with E-state index < -0.39 is 0 Å². The molecule has 2 aromatic heterocycles. The zero-order valence-electron chi connectivity index (χ0n) is 22.2. The minimum absolute atomic E-state index is 0. The lowest BCUT2D eigenvalue weighted by Crippen LogP contribution is -3.00. The van der Waals surface area contributed by atoms with Crippen molar-refractivity contribution in [3.63, 3.8) is 0 Å². The number of aryl methyl sites for hydroxylation is 2. The van der Waals surface area contributed by atoms with E-state index in [0.717, 1.165) is 46.9 Å². The van der Waals surface area contributed by atoms with E-state index in [4.69, 9.17) is 0 Å². The molecule has 5 rings (SSSR count). The van der Waals surface area contributed by atoms with Gasteiger partial charge < -0.3 is 26.4 Å². The van der Waals surface area contributed by atoms with Crippen molar-refractivity contribution in [3.8, 4) is 0 Å². The molecule has 8 nitrogen and oxygen atoms in total. The summed E-state index contributed by atoms with van der Waals surface area (Å²) in [6.07, 6.45) is 8.00. The first-order chi connectivity index (χ1) is 18.6. The van der Waals surface area contributed by atoms with Gasteiger partial charge in [-0.3, -0.25) is 0 Å². The van der Waals surface area contributed by atoms with Crippen molar-refractivity contribution < 1.29 is 21.5 Å². The van der Waals surface area contributed by atoms with Gasteiger partial charge in [-0.15, -0.1) is 5.10 Å². The smallest absolute Gasteiger partial charge is 0.243 e. The average Bonchev–Trinajstić information content (AvgIpc) is 3.51. The van der Waals surface area contributed by atoms with Gasteiger partial charge in [0.1, 0.15) is 18.9 Å². The predicted octanol–water partition coefficient (Wildman–Crippen LogP) is 2.75. The summed E-state index contributed by atoms with van der Waals surface area (Å²) in [7, 11) is 4.04. The van der Waals surface area contributed by atoms with Crippen molar-refractivity contribution in [1.82, 2.24) is 9.13 Å². The Labute approximate surface area is 242 Å². The molecule has 0 radical (unpaired) electrons. The highest BCUT2D eigenvalue weighted by atomic mass is 79.9. The number of fused-ring (bicyclic) bond motifs is 1. The molecule has 0 unspecified atom stereocenters. The second-order valence-electron chi connectivity index (χ2n) is 8.96. The van der Waals surface area contributed by atoms with Gasteiger partial charge in [-0.1, -0.05) is 35.6 Å². The Balaban J connectivity index is 0.00000353. The lowest BCUT2D eigenvalue weighted by molar-refractivity contribution is -0.693. The van der Waals surface area contributed by atoms with Crippen LogP contribution in [0.4, 0.5) is 17.1 Å². The second kappa shape index (κ2) is 13.3. The fraction of sp³-hybridized carbons (Fsp3) is 0.207. The molecule has 0 fully saturated rings. The van der Waals surface area contributed by atoms with E-state index in [1.54, 1.807) is 17.6 Å². The molecule has 5 aromatic rings. The highest BCUT2D eigenvalue weighted by molar-refractivity contribution is 7.16. The number of likely N-dealkylation sites (N-methyl/N-ethyl adjacent to an activating group) is 1. The van der Waals surface area contributed by atoms with Crippen LogP contribution in [0.5, 0.6) is 0 Å². The van der Waals surface area contributed by atoms with Gasteiger partial charge in [0, 0.05) is 19.3 Å². The number of para-hydroxylation sites is 1. The van der Waals surface area contributed by atoms with Gasteiger partial charge in [-0.05, 0) is 61.0 Å². The SMILES string of the molecule is CCN(CC[n+]1ccn(C)c1)c1ccc(/N=N/c2ccc(/C=N/N=c3\sc4ccccc4n3C)cc2)cc1.[Br-]. The zero-order chi connectivity index (χ0) is 26.3. The minimum atomic E-state index is 0. The molecule has 39 heavy (non-hydrogen) atoms. The molecule has 2 heterocycles. The lowest BCUT2D eigenvalue weighted by Gasteiger charge is -2.22. The van der Waals surface area contributed by atoms with Crippen molar-refractivity contribution in [2.45, 2.75) is 13.5 Å². The van der Waals surface area contributed by atoms with E-state index >= 15 is 0 Å². The maximum Gasteiger partial charge on any atom is 0.243 e. The maximum absolute atomic E-state index is 4.41. The van der Waals surface area contributed by atoms with Crippen LogP contribution in [0.1, 0.15) is 12.5 Å². The maximum atomic E-state index is 4.41. The summed E-state index contributed by atoms with van der Waals surface area (Å²) in [4.78, 5) is 3.21. The number of benzene rings is 3. The Bertz CT molecular complexity index is 1630. The molecule has 0 aliphatic rings. The Hall–Kier alpha value is -3.89. The first kappa shape index (κ1) is 28.1. The van der Waals surface area contributed by atoms with Crippen LogP contribution < -0.4 is 31.2 Å². The summed E-state index contributed by atoms with van der Waals surface area (Å²) in [6.45, 7) is 5.00. The fourth-order valence-electron chi connectivity index (χ4n) is 4.14. The number of aromatic nitrogens is 3. The van der Waals surface area contributed by atoms with Crippen molar-refractivity contribution in [2.75, 3.05) is 18.0 Å². The molecular formula is C29H31BrN8S. The Morgan fingerprint density at radius 3 is 2.26 bits per heavy atom. The number of hydrogen-bond donors (Lipinski definition) is 0. The molecule has 0 saturated heterocycles. The highest BCUT2D eigenvalue weighted by Crippen LogP contribution is 2.22. The highest BCUT2D eigenvalue weighted by Gasteiger charge is 2.07. The van der Waals surface area contributed by atoms with Crippen LogP contribution in [0.15, 0.2) is 112 Å². The number of rotatable bonds is 9. The van der Waals surface area contributed by atoms with Gasteiger partial charge in [-0.2, -0.15) is 15.3 Å². The second-order valence-corrected chi connectivity index (χ2v) is 9.97. The number of anilines is 1. The third-order valence-electron chi connectivity index (χ3n) is 6.29. The Morgan fingerprint density at radius 2 is 1.62 bits per heavy atom. The first-order valence-electron chi connectivity index (χ1n) is 12.6. The number of halogens is 1. The third-order valence-corrected chi connectivity index (χ3v) is 7.39. The Kier molecular flexibility index (Phi) is 9.56. The molecule has 0 spiro atoms. The summed E-state index contributed by atoms with van der Waals surface area (Å²) >= 11 is 1.62. The number of hydrogen-bond acceptors (Lipinski definition) is 6. The minimum Gasteiger partial charge on any atom is -1.00 e. The Morgan fingerprint density at radius 1 is 0.923 bits per heavy atom. The molecule has 10 heteroatoms. The number of thiazole rings is 1. The van der Waals surface area contributed by atoms with E-state index in [-0.39, 0.29) is 17.0 Å². The van der Waals surface area contributed by atoms with Gasteiger partial charge in [-0.25, -0.2) is 9.13 Å².